The van der Waals surface area contributed by atoms with Crippen molar-refractivity contribution in [3.05, 3.63) is 30.1 Å². The number of thiocarbonyl (C=S) groups is 1. The summed E-state index contributed by atoms with van der Waals surface area (Å²) in [7, 11) is 1.88. The largest absolute Gasteiger partial charge is 0.382 e. The van der Waals surface area contributed by atoms with Crippen LogP contribution in [-0.4, -0.2) is 22.8 Å². The van der Waals surface area contributed by atoms with Crippen molar-refractivity contribution >= 4 is 29.8 Å². The molecule has 0 spiro atoms. The van der Waals surface area contributed by atoms with E-state index >= 15 is 0 Å². The standard InChI is InChI=1S/C12H18N2S2/c1-13-12(16)11(6-2-3-8-15)10-5-4-7-14-9-10/h4-5,7,9,11,15H,2-3,6,8H2,1H3,(H,13,16). The van der Waals surface area contributed by atoms with Gasteiger partial charge in [0.2, 0.25) is 0 Å². The zero-order valence-electron chi connectivity index (χ0n) is 9.52. The van der Waals surface area contributed by atoms with Crippen LogP contribution in [0, 0.1) is 0 Å². The number of nitrogens with zero attached hydrogens (tertiary/aromatic N) is 1. The van der Waals surface area contributed by atoms with E-state index < -0.39 is 0 Å². The summed E-state index contributed by atoms with van der Waals surface area (Å²) >= 11 is 9.57. The maximum atomic E-state index is 5.35. The fourth-order valence-corrected chi connectivity index (χ4v) is 2.14. The van der Waals surface area contributed by atoms with Crippen LogP contribution in [0.15, 0.2) is 24.5 Å². The number of hydrogen-bond donors (Lipinski definition) is 2. The summed E-state index contributed by atoms with van der Waals surface area (Å²) in [5.41, 5.74) is 1.20. The molecular weight excluding hydrogens is 236 g/mol. The normalized spacial score (nSPS) is 12.1. The second kappa shape index (κ2) is 7.63. The SMILES string of the molecule is CNC(=S)C(CCCCS)c1cccnc1. The Morgan fingerprint density at radius 3 is 2.94 bits per heavy atom. The van der Waals surface area contributed by atoms with Crippen LogP contribution < -0.4 is 5.32 Å². The van der Waals surface area contributed by atoms with Crippen molar-refractivity contribution in [1.82, 2.24) is 10.3 Å². The summed E-state index contributed by atoms with van der Waals surface area (Å²) in [6.07, 6.45) is 7.02. The lowest BCUT2D eigenvalue weighted by Crippen LogP contribution is -2.24. The zero-order valence-corrected chi connectivity index (χ0v) is 11.2. The number of thiol groups is 1. The van der Waals surface area contributed by atoms with Crippen LogP contribution in [0.3, 0.4) is 0 Å². The first-order chi connectivity index (χ1) is 7.79. The number of hydrogen-bond acceptors (Lipinski definition) is 3. The van der Waals surface area contributed by atoms with Gasteiger partial charge in [0.25, 0.3) is 0 Å². The lowest BCUT2D eigenvalue weighted by molar-refractivity contribution is 0.682. The van der Waals surface area contributed by atoms with Crippen molar-refractivity contribution in [3.63, 3.8) is 0 Å². The maximum absolute atomic E-state index is 5.35. The summed E-state index contributed by atoms with van der Waals surface area (Å²) in [6, 6.07) is 4.04. The first kappa shape index (κ1) is 13.5. The summed E-state index contributed by atoms with van der Waals surface area (Å²) in [4.78, 5) is 5.04. The smallest absolute Gasteiger partial charge is 0.0827 e. The van der Waals surface area contributed by atoms with Gasteiger partial charge in [-0.15, -0.1) is 0 Å². The molecule has 1 rings (SSSR count). The van der Waals surface area contributed by atoms with Crippen molar-refractivity contribution in [1.29, 1.82) is 0 Å². The molecule has 88 valence electrons. The molecule has 1 atom stereocenters. The molecule has 2 nitrogen and oxygen atoms in total. The quantitative estimate of drug-likeness (QED) is 0.464. The van der Waals surface area contributed by atoms with Gasteiger partial charge in [-0.2, -0.15) is 12.6 Å². The van der Waals surface area contributed by atoms with Gasteiger partial charge in [0.15, 0.2) is 0 Å². The van der Waals surface area contributed by atoms with E-state index in [1.54, 1.807) is 6.20 Å². The third-order valence-corrected chi connectivity index (χ3v) is 3.36. The fourth-order valence-electron chi connectivity index (χ4n) is 1.67. The molecule has 1 aromatic heterocycles. The van der Waals surface area contributed by atoms with E-state index in [9.17, 15) is 0 Å². The van der Waals surface area contributed by atoms with Crippen molar-refractivity contribution in [2.24, 2.45) is 0 Å². The highest BCUT2D eigenvalue weighted by atomic mass is 32.1. The van der Waals surface area contributed by atoms with Gasteiger partial charge in [0, 0.05) is 25.4 Å². The third-order valence-electron chi connectivity index (χ3n) is 2.55. The van der Waals surface area contributed by atoms with Gasteiger partial charge in [0.05, 0.1) is 4.99 Å². The molecule has 0 aliphatic heterocycles. The molecule has 0 radical (unpaired) electrons. The minimum atomic E-state index is 0.286. The third kappa shape index (κ3) is 4.10. The van der Waals surface area contributed by atoms with E-state index in [0.29, 0.717) is 0 Å². The summed E-state index contributed by atoms with van der Waals surface area (Å²) in [5.74, 6) is 1.22. The Morgan fingerprint density at radius 2 is 2.38 bits per heavy atom. The van der Waals surface area contributed by atoms with Crippen LogP contribution in [0.2, 0.25) is 0 Å². The van der Waals surface area contributed by atoms with Crippen LogP contribution in [0.4, 0.5) is 0 Å². The average molecular weight is 254 g/mol. The van der Waals surface area contributed by atoms with Crippen molar-refractivity contribution < 1.29 is 0 Å². The van der Waals surface area contributed by atoms with Crippen LogP contribution >= 0.6 is 24.8 Å². The Labute approximate surface area is 108 Å². The zero-order chi connectivity index (χ0) is 11.8. The van der Waals surface area contributed by atoms with Gasteiger partial charge < -0.3 is 5.32 Å². The minimum Gasteiger partial charge on any atom is -0.382 e. The average Bonchev–Trinajstić information content (AvgIpc) is 2.35. The van der Waals surface area contributed by atoms with Crippen LogP contribution in [0.5, 0.6) is 0 Å². The minimum absolute atomic E-state index is 0.286. The van der Waals surface area contributed by atoms with E-state index in [0.717, 1.165) is 30.0 Å². The number of pyridine rings is 1. The number of aromatic nitrogens is 1. The van der Waals surface area contributed by atoms with Gasteiger partial charge in [-0.1, -0.05) is 24.7 Å². The van der Waals surface area contributed by atoms with E-state index in [2.05, 4.69) is 29.0 Å². The molecule has 0 amide bonds. The summed E-state index contributed by atoms with van der Waals surface area (Å²) in [5, 5.41) is 3.08. The van der Waals surface area contributed by atoms with Crippen molar-refractivity contribution in [3.8, 4) is 0 Å². The molecule has 0 saturated carbocycles. The topological polar surface area (TPSA) is 24.9 Å². The molecular formula is C12H18N2S2. The molecule has 16 heavy (non-hydrogen) atoms. The number of rotatable bonds is 6. The summed E-state index contributed by atoms with van der Waals surface area (Å²) < 4.78 is 0. The lowest BCUT2D eigenvalue weighted by Gasteiger charge is -2.17. The molecule has 1 aromatic rings. The first-order valence-corrected chi connectivity index (χ1v) is 6.56. The van der Waals surface area contributed by atoms with E-state index in [4.69, 9.17) is 12.2 Å². The van der Waals surface area contributed by atoms with Gasteiger partial charge >= 0.3 is 0 Å². The molecule has 1 N–H and O–H groups in total. The summed E-state index contributed by atoms with van der Waals surface area (Å²) in [6.45, 7) is 0. The van der Waals surface area contributed by atoms with Gasteiger partial charge in [-0.3, -0.25) is 4.98 Å². The van der Waals surface area contributed by atoms with Crippen molar-refractivity contribution in [2.45, 2.75) is 25.2 Å². The Morgan fingerprint density at radius 1 is 1.56 bits per heavy atom. The van der Waals surface area contributed by atoms with E-state index in [-0.39, 0.29) is 5.92 Å². The lowest BCUT2D eigenvalue weighted by atomic mass is 9.95. The predicted molar refractivity (Wildman–Crippen MR) is 76.3 cm³/mol. The Balaban J connectivity index is 2.68. The molecule has 0 aromatic carbocycles. The molecule has 1 unspecified atom stereocenters. The molecule has 0 saturated heterocycles. The Bertz CT molecular complexity index is 314. The number of likely N-dealkylation sites (N-methyl/N-ethyl adjacent to an activating group) is 1. The second-order valence-electron chi connectivity index (χ2n) is 3.67. The highest BCUT2D eigenvalue weighted by molar-refractivity contribution is 7.80. The first-order valence-electron chi connectivity index (χ1n) is 5.52. The monoisotopic (exact) mass is 254 g/mol. The Hall–Kier alpha value is -0.610. The molecule has 1 heterocycles. The van der Waals surface area contributed by atoms with E-state index in [1.165, 1.54) is 5.56 Å². The molecule has 4 heteroatoms. The van der Waals surface area contributed by atoms with Crippen LogP contribution in [-0.2, 0) is 0 Å². The molecule has 0 aliphatic carbocycles. The van der Waals surface area contributed by atoms with E-state index in [1.807, 2.05) is 19.3 Å². The predicted octanol–water partition coefficient (Wildman–Crippen LogP) is 2.81. The van der Waals surface area contributed by atoms with Crippen LogP contribution in [0.1, 0.15) is 30.7 Å². The maximum Gasteiger partial charge on any atom is 0.0827 e. The van der Waals surface area contributed by atoms with Gasteiger partial charge in [-0.05, 0) is 30.2 Å². The highest BCUT2D eigenvalue weighted by Crippen LogP contribution is 2.22. The molecule has 0 aliphatic rings. The molecule has 0 fully saturated rings. The molecule has 0 bridgehead atoms. The van der Waals surface area contributed by atoms with Crippen molar-refractivity contribution in [2.75, 3.05) is 12.8 Å². The number of nitrogens with one attached hydrogen (secondary N) is 1. The van der Waals surface area contributed by atoms with Gasteiger partial charge in [-0.25, -0.2) is 0 Å². The number of unbranched alkanes of at least 4 members (excludes halogenated alkanes) is 1. The highest BCUT2D eigenvalue weighted by Gasteiger charge is 2.15. The van der Waals surface area contributed by atoms with Crippen LogP contribution in [0.25, 0.3) is 0 Å². The van der Waals surface area contributed by atoms with Gasteiger partial charge in [0.1, 0.15) is 0 Å². The Kier molecular flexibility index (Phi) is 6.42. The second-order valence-corrected chi connectivity index (χ2v) is 4.56. The fraction of sp³-hybridized carbons (Fsp3) is 0.500.